The summed E-state index contributed by atoms with van der Waals surface area (Å²) in [6, 6.07) is 20.0. The molecule has 0 aliphatic rings. The van der Waals surface area contributed by atoms with Crippen molar-refractivity contribution in [2.24, 2.45) is 0 Å². The molecule has 0 amide bonds. The van der Waals surface area contributed by atoms with Crippen molar-refractivity contribution in [1.82, 2.24) is 4.98 Å². The minimum absolute atomic E-state index is 0.0209. The van der Waals surface area contributed by atoms with Gasteiger partial charge in [-0.1, -0.05) is 61.5 Å². The number of aryl methyl sites for hydroxylation is 1. The van der Waals surface area contributed by atoms with Crippen molar-refractivity contribution in [2.45, 2.75) is 13.3 Å². The van der Waals surface area contributed by atoms with E-state index in [2.05, 4.69) is 18.0 Å². The molecule has 0 radical (unpaired) electrons. The lowest BCUT2D eigenvalue weighted by atomic mass is 10.1. The van der Waals surface area contributed by atoms with E-state index in [4.69, 9.17) is 4.74 Å². The van der Waals surface area contributed by atoms with Crippen molar-refractivity contribution >= 4 is 27.5 Å². The molecule has 3 heteroatoms. The average Bonchev–Trinajstić information content (AvgIpc) is 3.10. The van der Waals surface area contributed by atoms with Crippen molar-refractivity contribution in [3.63, 3.8) is 0 Å². The molecule has 3 aromatic carbocycles. The molecule has 1 heterocycles. The third-order valence-electron chi connectivity index (χ3n) is 4.59. The number of benzene rings is 3. The normalized spacial score (nSPS) is 11.1. The topological polar surface area (TPSA) is 42.1 Å². The number of aromatic amines is 1. The largest absolute Gasteiger partial charge is 0.485 e. The quantitative estimate of drug-likeness (QED) is 0.515. The fourth-order valence-corrected chi connectivity index (χ4v) is 3.29. The van der Waals surface area contributed by atoms with E-state index in [-0.39, 0.29) is 12.4 Å². The molecule has 0 saturated heterocycles. The Balaban J connectivity index is 1.60. The van der Waals surface area contributed by atoms with E-state index in [9.17, 15) is 4.79 Å². The van der Waals surface area contributed by atoms with E-state index < -0.39 is 0 Å². The summed E-state index contributed by atoms with van der Waals surface area (Å²) in [6.07, 6.45) is 2.72. The van der Waals surface area contributed by atoms with E-state index >= 15 is 0 Å². The number of nitrogens with one attached hydrogen (secondary N) is 1. The molecule has 0 atom stereocenters. The molecule has 4 aromatic rings. The fraction of sp³-hybridized carbons (Fsp3) is 0.136. The van der Waals surface area contributed by atoms with Crippen LogP contribution in [-0.2, 0) is 6.42 Å². The first-order valence-electron chi connectivity index (χ1n) is 8.50. The van der Waals surface area contributed by atoms with Gasteiger partial charge in [0, 0.05) is 28.0 Å². The number of fused-ring (bicyclic) bond motifs is 2. The molecule has 0 aliphatic heterocycles. The molecule has 1 aromatic heterocycles. The van der Waals surface area contributed by atoms with Gasteiger partial charge in [-0.25, -0.2) is 0 Å². The van der Waals surface area contributed by atoms with E-state index in [0.29, 0.717) is 5.56 Å². The Labute approximate surface area is 146 Å². The predicted molar refractivity (Wildman–Crippen MR) is 101 cm³/mol. The highest BCUT2D eigenvalue weighted by Gasteiger charge is 2.14. The zero-order valence-electron chi connectivity index (χ0n) is 14.1. The van der Waals surface area contributed by atoms with Gasteiger partial charge in [0.15, 0.2) is 6.61 Å². The standard InChI is InChI=1S/C22H19NO2/c1-2-15-8-5-11-18-19(13-23-22(15)18)20(24)14-25-21-12-6-9-16-7-3-4-10-17(16)21/h3-13,23H,2,14H2,1H3. The summed E-state index contributed by atoms with van der Waals surface area (Å²) in [6.45, 7) is 2.14. The molecular weight excluding hydrogens is 310 g/mol. The first-order valence-corrected chi connectivity index (χ1v) is 8.50. The van der Waals surface area contributed by atoms with Gasteiger partial charge < -0.3 is 9.72 Å². The lowest BCUT2D eigenvalue weighted by molar-refractivity contribution is 0.0924. The van der Waals surface area contributed by atoms with E-state index in [1.807, 2.05) is 54.6 Å². The summed E-state index contributed by atoms with van der Waals surface area (Å²) in [5, 5.41) is 3.09. The maximum absolute atomic E-state index is 12.7. The second-order valence-electron chi connectivity index (χ2n) is 6.08. The van der Waals surface area contributed by atoms with Crippen LogP contribution in [0.1, 0.15) is 22.8 Å². The molecule has 0 fully saturated rings. The van der Waals surface area contributed by atoms with Crippen LogP contribution in [0, 0.1) is 0 Å². The van der Waals surface area contributed by atoms with Gasteiger partial charge in [-0.05, 0) is 23.4 Å². The predicted octanol–water partition coefficient (Wildman–Crippen LogP) is 5.15. The van der Waals surface area contributed by atoms with E-state index in [0.717, 1.165) is 33.8 Å². The highest BCUT2D eigenvalue weighted by Crippen LogP contribution is 2.26. The van der Waals surface area contributed by atoms with E-state index in [1.54, 1.807) is 6.20 Å². The zero-order valence-corrected chi connectivity index (χ0v) is 14.1. The summed E-state index contributed by atoms with van der Waals surface area (Å²) < 4.78 is 5.85. The van der Waals surface area contributed by atoms with Crippen LogP contribution >= 0.6 is 0 Å². The number of Topliss-reactive ketones (excluding diaryl/α,β-unsaturated/α-hetero) is 1. The molecule has 0 spiro atoms. The van der Waals surface area contributed by atoms with Crippen molar-refractivity contribution in [3.8, 4) is 5.75 Å². The number of hydrogen-bond donors (Lipinski definition) is 1. The maximum Gasteiger partial charge on any atom is 0.202 e. The minimum atomic E-state index is -0.0209. The first kappa shape index (κ1) is 15.5. The molecule has 0 bridgehead atoms. The van der Waals surface area contributed by atoms with Crippen molar-refractivity contribution < 1.29 is 9.53 Å². The number of hydrogen-bond acceptors (Lipinski definition) is 2. The van der Waals surface area contributed by atoms with Gasteiger partial charge >= 0.3 is 0 Å². The van der Waals surface area contributed by atoms with Gasteiger partial charge in [-0.3, -0.25) is 4.79 Å². The molecule has 3 nitrogen and oxygen atoms in total. The maximum atomic E-state index is 12.7. The molecule has 4 rings (SSSR count). The monoisotopic (exact) mass is 329 g/mol. The Morgan fingerprint density at radius 2 is 1.72 bits per heavy atom. The van der Waals surface area contributed by atoms with Crippen LogP contribution in [-0.4, -0.2) is 17.4 Å². The summed E-state index contributed by atoms with van der Waals surface area (Å²) in [7, 11) is 0. The molecule has 0 unspecified atom stereocenters. The second kappa shape index (κ2) is 6.44. The molecule has 25 heavy (non-hydrogen) atoms. The number of H-pyrrole nitrogens is 1. The Kier molecular flexibility index (Phi) is 3.98. The van der Waals surface area contributed by atoms with Gasteiger partial charge in [0.2, 0.25) is 5.78 Å². The number of para-hydroxylation sites is 1. The SMILES string of the molecule is CCc1cccc2c(C(=O)COc3cccc4ccccc34)c[nH]c12. The van der Waals surface area contributed by atoms with Gasteiger partial charge in [0.1, 0.15) is 5.75 Å². The smallest absolute Gasteiger partial charge is 0.202 e. The average molecular weight is 329 g/mol. The summed E-state index contributed by atoms with van der Waals surface area (Å²) in [4.78, 5) is 15.9. The summed E-state index contributed by atoms with van der Waals surface area (Å²) in [5.41, 5.74) is 2.94. The van der Waals surface area contributed by atoms with Crippen LogP contribution in [0.4, 0.5) is 0 Å². The number of aromatic nitrogens is 1. The summed E-state index contributed by atoms with van der Waals surface area (Å²) in [5.74, 6) is 0.716. The van der Waals surface area contributed by atoms with Crippen molar-refractivity contribution in [2.75, 3.05) is 6.61 Å². The van der Waals surface area contributed by atoms with Gasteiger partial charge in [0.25, 0.3) is 0 Å². The molecule has 124 valence electrons. The number of ether oxygens (including phenoxy) is 1. The van der Waals surface area contributed by atoms with Crippen LogP contribution < -0.4 is 4.74 Å². The number of carbonyl (C=O) groups excluding carboxylic acids is 1. The third-order valence-corrected chi connectivity index (χ3v) is 4.59. The van der Waals surface area contributed by atoms with Crippen LogP contribution in [0.3, 0.4) is 0 Å². The van der Waals surface area contributed by atoms with Gasteiger partial charge in [-0.15, -0.1) is 0 Å². The Morgan fingerprint density at radius 3 is 2.60 bits per heavy atom. The lowest BCUT2D eigenvalue weighted by Crippen LogP contribution is -2.11. The van der Waals surface area contributed by atoms with Crippen LogP contribution in [0.2, 0.25) is 0 Å². The first-order chi connectivity index (χ1) is 12.3. The Morgan fingerprint density at radius 1 is 0.960 bits per heavy atom. The molecular formula is C22H19NO2. The van der Waals surface area contributed by atoms with Crippen LogP contribution in [0.15, 0.2) is 66.9 Å². The Hall–Kier alpha value is -3.07. The Bertz CT molecular complexity index is 1060. The van der Waals surface area contributed by atoms with Crippen molar-refractivity contribution in [1.29, 1.82) is 0 Å². The van der Waals surface area contributed by atoms with Crippen LogP contribution in [0.5, 0.6) is 5.75 Å². The van der Waals surface area contributed by atoms with Crippen molar-refractivity contribution in [3.05, 3.63) is 78.0 Å². The third kappa shape index (κ3) is 2.78. The van der Waals surface area contributed by atoms with E-state index in [1.165, 1.54) is 5.56 Å². The van der Waals surface area contributed by atoms with Gasteiger partial charge in [0.05, 0.1) is 0 Å². The fourth-order valence-electron chi connectivity index (χ4n) is 3.29. The summed E-state index contributed by atoms with van der Waals surface area (Å²) >= 11 is 0. The van der Waals surface area contributed by atoms with Crippen LogP contribution in [0.25, 0.3) is 21.7 Å². The molecule has 0 saturated carbocycles. The lowest BCUT2D eigenvalue weighted by Gasteiger charge is -2.08. The highest BCUT2D eigenvalue weighted by molar-refractivity contribution is 6.09. The zero-order chi connectivity index (χ0) is 17.2. The highest BCUT2D eigenvalue weighted by atomic mass is 16.5. The number of rotatable bonds is 5. The molecule has 0 aliphatic carbocycles. The molecule has 1 N–H and O–H groups in total. The minimum Gasteiger partial charge on any atom is -0.485 e. The van der Waals surface area contributed by atoms with Gasteiger partial charge in [-0.2, -0.15) is 0 Å². The second-order valence-corrected chi connectivity index (χ2v) is 6.08. The number of carbonyl (C=O) groups is 1. The number of ketones is 1.